The summed E-state index contributed by atoms with van der Waals surface area (Å²) >= 11 is 1.22. The Hall–Kier alpha value is -2.21. The molecule has 0 aliphatic heterocycles. The number of carbonyl (C=O) groups excluding carboxylic acids is 1. The number of hydrogen-bond donors (Lipinski definition) is 1. The maximum Gasteiger partial charge on any atom is 0.350 e. The Morgan fingerprint density at radius 3 is 2.76 bits per heavy atom. The highest BCUT2D eigenvalue weighted by Gasteiger charge is 2.15. The van der Waals surface area contributed by atoms with E-state index < -0.39 is 0 Å². The van der Waals surface area contributed by atoms with Crippen molar-refractivity contribution in [2.24, 2.45) is 5.10 Å². The maximum absolute atomic E-state index is 11.5. The highest BCUT2D eigenvalue weighted by molar-refractivity contribution is 7.17. The van der Waals surface area contributed by atoms with Crippen LogP contribution in [0.3, 0.4) is 0 Å². The molecule has 110 valence electrons. The van der Waals surface area contributed by atoms with Crippen LogP contribution in [0.5, 0.6) is 0 Å². The number of thiazole rings is 1. The lowest BCUT2D eigenvalue weighted by Crippen LogP contribution is -1.99. The van der Waals surface area contributed by atoms with E-state index >= 15 is 0 Å². The topological polar surface area (TPSA) is 63.6 Å². The summed E-state index contributed by atoms with van der Waals surface area (Å²) in [5, 5.41) is 4.69. The third-order valence-corrected chi connectivity index (χ3v) is 3.97. The number of ether oxygens (including phenoxy) is 1. The minimum absolute atomic E-state index is 0.378. The second kappa shape index (κ2) is 6.99. The molecule has 0 amide bonds. The van der Waals surface area contributed by atoms with E-state index in [0.29, 0.717) is 15.7 Å². The molecule has 0 radical (unpaired) electrons. The lowest BCUT2D eigenvalue weighted by atomic mass is 10.1. The molecule has 1 aromatic heterocycles. The number of hydrogen-bond acceptors (Lipinski definition) is 6. The van der Waals surface area contributed by atoms with Gasteiger partial charge in [0.1, 0.15) is 4.88 Å². The van der Waals surface area contributed by atoms with Gasteiger partial charge in [-0.25, -0.2) is 9.78 Å². The normalized spacial score (nSPS) is 10.8. The molecular formula is C15H17N3O2S. The molecule has 2 rings (SSSR count). The Balaban J connectivity index is 2.02. The fraction of sp³-hybridized carbons (Fsp3) is 0.267. The van der Waals surface area contributed by atoms with E-state index in [1.807, 2.05) is 12.1 Å². The van der Waals surface area contributed by atoms with Crippen molar-refractivity contribution < 1.29 is 9.53 Å². The van der Waals surface area contributed by atoms with Gasteiger partial charge in [0.15, 0.2) is 0 Å². The van der Waals surface area contributed by atoms with Gasteiger partial charge >= 0.3 is 5.97 Å². The van der Waals surface area contributed by atoms with Crippen LogP contribution >= 0.6 is 11.3 Å². The molecule has 1 aromatic carbocycles. The van der Waals surface area contributed by atoms with Gasteiger partial charge in [0, 0.05) is 0 Å². The van der Waals surface area contributed by atoms with Gasteiger partial charge in [0.05, 0.1) is 19.0 Å². The summed E-state index contributed by atoms with van der Waals surface area (Å²) in [5.74, 6) is -0.378. The highest BCUT2D eigenvalue weighted by Crippen LogP contribution is 2.23. The highest BCUT2D eigenvalue weighted by atomic mass is 32.1. The SMILES string of the molecule is CCc1ccc(/C=N\Nc2nc(C)c(C(=O)OC)s2)cc1. The molecule has 0 atom stereocenters. The molecule has 21 heavy (non-hydrogen) atoms. The number of aryl methyl sites for hydroxylation is 2. The van der Waals surface area contributed by atoms with Gasteiger partial charge in [-0.05, 0) is 24.5 Å². The summed E-state index contributed by atoms with van der Waals surface area (Å²) in [7, 11) is 1.35. The number of anilines is 1. The largest absolute Gasteiger partial charge is 0.465 e. The van der Waals surface area contributed by atoms with Gasteiger partial charge in [-0.2, -0.15) is 5.10 Å². The van der Waals surface area contributed by atoms with Crippen LogP contribution in [0.1, 0.15) is 33.4 Å². The van der Waals surface area contributed by atoms with E-state index in [1.165, 1.54) is 24.0 Å². The van der Waals surface area contributed by atoms with Gasteiger partial charge in [-0.1, -0.05) is 42.5 Å². The Labute approximate surface area is 127 Å². The van der Waals surface area contributed by atoms with Crippen molar-refractivity contribution in [2.45, 2.75) is 20.3 Å². The van der Waals surface area contributed by atoms with Crippen molar-refractivity contribution in [3.63, 3.8) is 0 Å². The number of nitrogens with one attached hydrogen (secondary N) is 1. The minimum Gasteiger partial charge on any atom is -0.465 e. The zero-order chi connectivity index (χ0) is 15.2. The van der Waals surface area contributed by atoms with Gasteiger partial charge in [-0.3, -0.25) is 5.43 Å². The predicted octanol–water partition coefficient (Wildman–Crippen LogP) is 3.25. The van der Waals surface area contributed by atoms with Crippen molar-refractivity contribution in [3.05, 3.63) is 46.0 Å². The van der Waals surface area contributed by atoms with Gasteiger partial charge < -0.3 is 4.74 Å². The molecule has 0 spiro atoms. The first-order valence-electron chi connectivity index (χ1n) is 6.57. The van der Waals surface area contributed by atoms with Crippen LogP contribution < -0.4 is 5.43 Å². The van der Waals surface area contributed by atoms with Crippen molar-refractivity contribution in [1.29, 1.82) is 0 Å². The molecule has 0 fully saturated rings. The Bertz CT molecular complexity index is 647. The van der Waals surface area contributed by atoms with Crippen LogP contribution in [-0.2, 0) is 11.2 Å². The van der Waals surface area contributed by atoms with E-state index in [1.54, 1.807) is 13.1 Å². The van der Waals surface area contributed by atoms with Crippen LogP contribution in [0.2, 0.25) is 0 Å². The molecule has 0 aliphatic carbocycles. The van der Waals surface area contributed by atoms with E-state index in [0.717, 1.165) is 12.0 Å². The number of aromatic nitrogens is 1. The van der Waals surface area contributed by atoms with Crippen molar-refractivity contribution >= 4 is 28.7 Å². The smallest absolute Gasteiger partial charge is 0.350 e. The number of esters is 1. The predicted molar refractivity (Wildman–Crippen MR) is 85.2 cm³/mol. The first kappa shape index (κ1) is 15.2. The third kappa shape index (κ3) is 3.88. The summed E-state index contributed by atoms with van der Waals surface area (Å²) in [6.45, 7) is 3.88. The fourth-order valence-electron chi connectivity index (χ4n) is 1.73. The number of rotatable bonds is 5. The number of nitrogens with zero attached hydrogens (tertiary/aromatic N) is 2. The number of methoxy groups -OCH3 is 1. The molecule has 0 unspecified atom stereocenters. The molecule has 0 saturated heterocycles. The van der Waals surface area contributed by atoms with Crippen LogP contribution in [0.25, 0.3) is 0 Å². The molecule has 0 aliphatic rings. The van der Waals surface area contributed by atoms with E-state index in [2.05, 4.69) is 34.6 Å². The summed E-state index contributed by atoms with van der Waals surface area (Å²) < 4.78 is 4.69. The Morgan fingerprint density at radius 1 is 1.43 bits per heavy atom. The summed E-state index contributed by atoms with van der Waals surface area (Å²) in [6, 6.07) is 8.17. The average molecular weight is 303 g/mol. The summed E-state index contributed by atoms with van der Waals surface area (Å²) in [6.07, 6.45) is 2.73. The molecular weight excluding hydrogens is 286 g/mol. The lowest BCUT2D eigenvalue weighted by Gasteiger charge is -1.97. The monoisotopic (exact) mass is 303 g/mol. The average Bonchev–Trinajstić information content (AvgIpc) is 2.88. The lowest BCUT2D eigenvalue weighted by molar-refractivity contribution is 0.0605. The molecule has 1 heterocycles. The maximum atomic E-state index is 11.5. The van der Waals surface area contributed by atoms with Crippen molar-refractivity contribution in [3.8, 4) is 0 Å². The number of hydrazone groups is 1. The van der Waals surface area contributed by atoms with Crippen LogP contribution in [-0.4, -0.2) is 24.3 Å². The quantitative estimate of drug-likeness (QED) is 0.523. The Morgan fingerprint density at radius 2 is 2.14 bits per heavy atom. The second-order valence-corrected chi connectivity index (χ2v) is 5.39. The van der Waals surface area contributed by atoms with E-state index in [-0.39, 0.29) is 5.97 Å². The second-order valence-electron chi connectivity index (χ2n) is 4.39. The molecule has 6 heteroatoms. The van der Waals surface area contributed by atoms with Crippen molar-refractivity contribution in [1.82, 2.24) is 4.98 Å². The van der Waals surface area contributed by atoms with Gasteiger partial charge in [0.25, 0.3) is 0 Å². The van der Waals surface area contributed by atoms with Gasteiger partial charge in [-0.15, -0.1) is 0 Å². The van der Waals surface area contributed by atoms with E-state index in [9.17, 15) is 4.79 Å². The zero-order valence-corrected chi connectivity index (χ0v) is 13.0. The third-order valence-electron chi connectivity index (χ3n) is 2.93. The van der Waals surface area contributed by atoms with Crippen molar-refractivity contribution in [2.75, 3.05) is 12.5 Å². The fourth-order valence-corrected chi connectivity index (χ4v) is 2.56. The first-order valence-corrected chi connectivity index (χ1v) is 7.39. The standard InChI is InChI=1S/C15H17N3O2S/c1-4-11-5-7-12(8-6-11)9-16-18-15-17-10(2)13(21-15)14(19)20-3/h5-9H,4H2,1-3H3,(H,17,18)/b16-9-. The molecule has 1 N–H and O–H groups in total. The van der Waals surface area contributed by atoms with Crippen LogP contribution in [0.15, 0.2) is 29.4 Å². The molecule has 5 nitrogen and oxygen atoms in total. The van der Waals surface area contributed by atoms with Gasteiger partial charge in [0.2, 0.25) is 5.13 Å². The zero-order valence-electron chi connectivity index (χ0n) is 12.2. The Kier molecular flexibility index (Phi) is 5.05. The number of benzene rings is 1. The first-order chi connectivity index (χ1) is 10.1. The molecule has 0 bridgehead atoms. The van der Waals surface area contributed by atoms with E-state index in [4.69, 9.17) is 4.74 Å². The van der Waals surface area contributed by atoms with Crippen LogP contribution in [0.4, 0.5) is 5.13 Å². The molecule has 2 aromatic rings. The summed E-state index contributed by atoms with van der Waals surface area (Å²) in [4.78, 5) is 16.2. The minimum atomic E-state index is -0.378. The number of carbonyl (C=O) groups is 1. The summed E-state index contributed by atoms with van der Waals surface area (Å²) in [5.41, 5.74) is 5.76. The van der Waals surface area contributed by atoms with Crippen LogP contribution in [0, 0.1) is 6.92 Å². The molecule has 0 saturated carbocycles.